The highest BCUT2D eigenvalue weighted by Crippen LogP contribution is 2.22. The van der Waals surface area contributed by atoms with Crippen LogP contribution in [-0.4, -0.2) is 103 Å². The number of benzene rings is 2. The fourth-order valence-corrected chi connectivity index (χ4v) is 3.08. The van der Waals surface area contributed by atoms with Crippen LogP contribution in [0.25, 0.3) is 0 Å². The second kappa shape index (κ2) is 14.2. The van der Waals surface area contributed by atoms with Gasteiger partial charge in [-0.05, 0) is 104 Å². The van der Waals surface area contributed by atoms with Crippen LogP contribution in [0.2, 0.25) is 0 Å². The van der Waals surface area contributed by atoms with E-state index in [0.717, 1.165) is 21.3 Å². The van der Waals surface area contributed by atoms with Crippen molar-refractivity contribution in [1.82, 2.24) is 14.3 Å². The maximum Gasteiger partial charge on any atom is 0.673 e. The van der Waals surface area contributed by atoms with Gasteiger partial charge in [-0.2, -0.15) is 0 Å². The minimum atomic E-state index is -6.00. The first kappa shape index (κ1) is 37.2. The van der Waals surface area contributed by atoms with E-state index in [2.05, 4.69) is 21.1 Å². The number of hydrogen-bond donors (Lipinski definition) is 0. The van der Waals surface area contributed by atoms with E-state index < -0.39 is 18.3 Å². The van der Waals surface area contributed by atoms with E-state index in [0.29, 0.717) is 0 Å². The molecule has 0 atom stereocenters. The molecule has 0 bridgehead atoms. The highest BCUT2D eigenvalue weighted by atomic mass is 19.5. The van der Waals surface area contributed by atoms with E-state index in [1.165, 1.54) is 5.69 Å². The summed E-state index contributed by atoms with van der Waals surface area (Å²) in [5.41, 5.74) is 2.87. The first-order valence-electron chi connectivity index (χ1n) is 12.8. The van der Waals surface area contributed by atoms with Gasteiger partial charge in [0.2, 0.25) is 0 Å². The van der Waals surface area contributed by atoms with E-state index in [-0.39, 0.29) is 11.6 Å². The van der Waals surface area contributed by atoms with Gasteiger partial charge >= 0.3 is 7.25 Å². The molecule has 2 aromatic carbocycles. The Bertz CT molecular complexity index is 1090. The number of rotatable bonds is 8. The van der Waals surface area contributed by atoms with Gasteiger partial charge < -0.3 is 22.2 Å². The van der Waals surface area contributed by atoms with Gasteiger partial charge in [0.1, 0.15) is 5.69 Å². The van der Waals surface area contributed by atoms with Gasteiger partial charge in [0.05, 0.1) is 32.2 Å². The quantitative estimate of drug-likeness (QED) is 0.169. The first-order chi connectivity index (χ1) is 17.8. The molecule has 0 aliphatic heterocycles. The van der Waals surface area contributed by atoms with Crippen LogP contribution >= 0.6 is 0 Å². The van der Waals surface area contributed by atoms with Gasteiger partial charge in [0, 0.05) is 30.9 Å². The highest BCUT2D eigenvalue weighted by molar-refractivity contribution is 6.50. The van der Waals surface area contributed by atoms with Crippen molar-refractivity contribution in [1.29, 1.82) is 0 Å². The van der Waals surface area contributed by atoms with Crippen molar-refractivity contribution >= 4 is 30.2 Å². The van der Waals surface area contributed by atoms with Crippen LogP contribution in [0.4, 0.5) is 28.6 Å². The Morgan fingerprint density at radius 2 is 0.900 bits per heavy atom. The molecule has 6 nitrogen and oxygen atoms in total. The lowest BCUT2D eigenvalue weighted by atomic mass is 9.92. The summed E-state index contributed by atoms with van der Waals surface area (Å²) < 4.78 is 39.8. The second-order valence-electron chi connectivity index (χ2n) is 12.1. The number of quaternary nitrogens is 1. The van der Waals surface area contributed by atoms with E-state index in [1.54, 1.807) is 0 Å². The lowest BCUT2D eigenvalue weighted by molar-refractivity contribution is 0.0750. The monoisotopic (exact) mass is 570 g/mol. The zero-order chi connectivity index (χ0) is 31.9. The predicted molar refractivity (Wildman–Crippen MR) is 161 cm³/mol. The molecular formula is C29H47BF4N4O2. The summed E-state index contributed by atoms with van der Waals surface area (Å²) in [7, 11) is 12.0. The number of likely N-dealkylation sites (N-methyl/N-ethyl adjacent to an activating group) is 2. The number of halogens is 4. The number of nitrogens with zero attached hydrogens (tertiary/aromatic N) is 4. The molecule has 0 aliphatic rings. The standard InChI is InChI=1S/C15H25N2O.C14H22N2O.BF4/c1-15(2,16(3)4)14(18)12-8-10-13(11-9-12)17(5,6)7;1-14(2,16(5)6)13(17)11-7-9-12(10-8-11)15(3)4;2-1(3,4)5/h8-11H,1-7H3;7-10H,1-6H3;/q+1;;-1. The number of anilines is 1. The van der Waals surface area contributed by atoms with E-state index in [9.17, 15) is 26.9 Å². The van der Waals surface area contributed by atoms with Gasteiger partial charge in [0.25, 0.3) is 0 Å². The molecular weight excluding hydrogens is 523 g/mol. The van der Waals surface area contributed by atoms with Crippen LogP contribution in [0.3, 0.4) is 0 Å². The Kier molecular flexibility index (Phi) is 13.3. The third kappa shape index (κ3) is 11.8. The fraction of sp³-hybridized carbons (Fsp3) is 0.517. The van der Waals surface area contributed by atoms with Gasteiger partial charge in [-0.1, -0.05) is 0 Å². The number of ketones is 2. The van der Waals surface area contributed by atoms with Crippen LogP contribution < -0.4 is 9.38 Å². The molecule has 0 aromatic heterocycles. The molecule has 11 heteroatoms. The maximum absolute atomic E-state index is 12.4. The van der Waals surface area contributed by atoms with Crippen molar-refractivity contribution in [2.24, 2.45) is 0 Å². The Balaban J connectivity index is 0.000000652. The lowest BCUT2D eigenvalue weighted by Crippen LogP contribution is -2.45. The van der Waals surface area contributed by atoms with Crippen molar-refractivity contribution in [2.45, 2.75) is 38.8 Å². The van der Waals surface area contributed by atoms with E-state index in [1.807, 2.05) is 133 Å². The van der Waals surface area contributed by atoms with Crippen molar-refractivity contribution in [2.75, 3.05) is 68.3 Å². The summed E-state index contributed by atoms with van der Waals surface area (Å²) in [5.74, 6) is 0.299. The third-order valence-electron chi connectivity index (χ3n) is 6.90. The molecule has 0 aliphatic carbocycles. The second-order valence-corrected chi connectivity index (χ2v) is 12.1. The lowest BCUT2D eigenvalue weighted by Gasteiger charge is -2.31. The van der Waals surface area contributed by atoms with Crippen molar-refractivity contribution in [3.05, 3.63) is 59.7 Å². The summed E-state index contributed by atoms with van der Waals surface area (Å²) in [5, 5.41) is 0. The zero-order valence-electron chi connectivity index (χ0n) is 26.3. The number of hydrogen-bond acceptors (Lipinski definition) is 5. The molecule has 0 saturated carbocycles. The van der Waals surface area contributed by atoms with Crippen LogP contribution in [0.1, 0.15) is 48.4 Å². The Hall–Kier alpha value is -2.76. The Morgan fingerprint density at radius 3 is 1.12 bits per heavy atom. The molecule has 0 heterocycles. The normalized spacial score (nSPS) is 12.3. The zero-order valence-corrected chi connectivity index (χ0v) is 26.3. The number of Topliss-reactive ketones (excluding diaryl/α,β-unsaturated/α-hetero) is 2. The predicted octanol–water partition coefficient (Wildman–Crippen LogP) is 5.98. The smallest absolute Gasteiger partial charge is 0.418 e. The SMILES string of the molecule is CN(C)C(C)(C)C(=O)c1ccc([N+](C)(C)C)cc1.CN(C)c1ccc(C(=O)C(C)(C)N(C)C)cc1.F[B-](F)(F)F. The van der Waals surface area contributed by atoms with Crippen molar-refractivity contribution in [3.63, 3.8) is 0 Å². The van der Waals surface area contributed by atoms with E-state index >= 15 is 0 Å². The number of carbonyl (C=O) groups excluding carboxylic acids is 2. The van der Waals surface area contributed by atoms with Crippen LogP contribution in [0.5, 0.6) is 0 Å². The summed E-state index contributed by atoms with van der Waals surface area (Å²) in [6.07, 6.45) is 0. The van der Waals surface area contributed by atoms with Crippen LogP contribution in [-0.2, 0) is 0 Å². The molecule has 40 heavy (non-hydrogen) atoms. The minimum absolute atomic E-state index is 0.146. The molecule has 0 amide bonds. The highest BCUT2D eigenvalue weighted by Gasteiger charge is 2.31. The van der Waals surface area contributed by atoms with Crippen molar-refractivity contribution in [3.8, 4) is 0 Å². The summed E-state index contributed by atoms with van der Waals surface area (Å²) >= 11 is 0. The molecule has 2 rings (SSSR count). The summed E-state index contributed by atoms with van der Waals surface area (Å²) in [4.78, 5) is 30.7. The topological polar surface area (TPSA) is 43.9 Å². The van der Waals surface area contributed by atoms with Crippen molar-refractivity contribution < 1.29 is 26.9 Å². The number of carbonyl (C=O) groups is 2. The minimum Gasteiger partial charge on any atom is -0.418 e. The summed E-state index contributed by atoms with van der Waals surface area (Å²) in [6.45, 7) is 7.77. The summed E-state index contributed by atoms with van der Waals surface area (Å²) in [6, 6.07) is 15.6. The van der Waals surface area contributed by atoms with Gasteiger partial charge in [-0.15, -0.1) is 0 Å². The molecule has 0 unspecified atom stereocenters. The first-order valence-corrected chi connectivity index (χ1v) is 12.8. The molecule has 0 saturated heterocycles. The van der Waals surface area contributed by atoms with Crippen LogP contribution in [0, 0.1) is 0 Å². The molecule has 0 radical (unpaired) electrons. The molecule has 0 spiro atoms. The molecule has 0 fully saturated rings. The average molecular weight is 571 g/mol. The molecule has 0 N–H and O–H groups in total. The largest absolute Gasteiger partial charge is 0.673 e. The Morgan fingerprint density at radius 1 is 0.625 bits per heavy atom. The van der Waals surface area contributed by atoms with E-state index in [4.69, 9.17) is 0 Å². The third-order valence-corrected chi connectivity index (χ3v) is 6.90. The van der Waals surface area contributed by atoms with Gasteiger partial charge in [-0.3, -0.25) is 23.9 Å². The molecule has 2 aromatic rings. The molecule has 226 valence electrons. The van der Waals surface area contributed by atoms with Crippen LogP contribution in [0.15, 0.2) is 48.5 Å². The maximum atomic E-state index is 12.4. The fourth-order valence-electron chi connectivity index (χ4n) is 3.08. The Labute approximate surface area is 238 Å². The average Bonchev–Trinajstić information content (AvgIpc) is 2.81. The van der Waals surface area contributed by atoms with Gasteiger partial charge in [-0.25, -0.2) is 0 Å². The van der Waals surface area contributed by atoms with Gasteiger partial charge in [0.15, 0.2) is 11.6 Å².